The van der Waals surface area contributed by atoms with Crippen molar-refractivity contribution in [2.24, 2.45) is 0 Å². The Balaban J connectivity index is 1.45. The van der Waals surface area contributed by atoms with Gasteiger partial charge in [0.15, 0.2) is 0 Å². The van der Waals surface area contributed by atoms with E-state index in [1.165, 1.54) is 4.31 Å². The number of halogens is 2. The molecule has 0 bridgehead atoms. The summed E-state index contributed by atoms with van der Waals surface area (Å²) in [5, 5.41) is 2.74. The Kier molecular flexibility index (Phi) is 5.65. The normalized spacial score (nSPS) is 16.7. The number of alkyl halides is 2. The lowest BCUT2D eigenvalue weighted by Crippen LogP contribution is -2.29. The van der Waals surface area contributed by atoms with Crippen LogP contribution in [0.5, 0.6) is 0 Å². The van der Waals surface area contributed by atoms with Gasteiger partial charge in [-0.25, -0.2) is 13.4 Å². The molecule has 1 atom stereocenters. The molecule has 0 saturated carbocycles. The van der Waals surface area contributed by atoms with Crippen molar-refractivity contribution in [1.82, 2.24) is 14.9 Å². The molecule has 1 aromatic heterocycles. The molecule has 0 spiro atoms. The topological polar surface area (TPSA) is 84.3 Å². The largest absolute Gasteiger partial charge is 0.351 e. The fourth-order valence-electron chi connectivity index (χ4n) is 3.76. The van der Waals surface area contributed by atoms with Gasteiger partial charge in [0.05, 0.1) is 22.5 Å². The quantitative estimate of drug-likeness (QED) is 0.626. The molecule has 1 aliphatic rings. The van der Waals surface area contributed by atoms with Crippen LogP contribution in [0.25, 0.3) is 11.0 Å². The van der Waals surface area contributed by atoms with Crippen LogP contribution in [0.15, 0.2) is 48.5 Å². The Bertz CT molecular complexity index is 1210. The second kappa shape index (κ2) is 8.26. The molecule has 1 fully saturated rings. The number of hydrogen-bond acceptors (Lipinski definition) is 4. The molecule has 2 aromatic carbocycles. The van der Waals surface area contributed by atoms with E-state index in [-0.39, 0.29) is 24.0 Å². The fourth-order valence-corrected chi connectivity index (χ4v) is 5.33. The average Bonchev–Trinajstić information content (AvgIpc) is 3.31. The number of carbonyl (C=O) groups is 1. The monoisotopic (exact) mass is 448 g/mol. The van der Waals surface area contributed by atoms with Gasteiger partial charge in [0, 0.05) is 24.6 Å². The molecule has 164 valence electrons. The van der Waals surface area contributed by atoms with E-state index >= 15 is 0 Å². The van der Waals surface area contributed by atoms with E-state index in [1.54, 1.807) is 55.5 Å². The van der Waals surface area contributed by atoms with E-state index in [0.29, 0.717) is 35.2 Å². The number of aromatic nitrogens is 2. The number of amides is 1. The van der Waals surface area contributed by atoms with Crippen LogP contribution in [0.4, 0.5) is 14.5 Å². The number of imidazole rings is 1. The second-order valence-electron chi connectivity index (χ2n) is 7.51. The Morgan fingerprint density at radius 2 is 1.87 bits per heavy atom. The number of carbonyl (C=O) groups excluding carboxylic acids is 1. The van der Waals surface area contributed by atoms with E-state index in [2.05, 4.69) is 10.3 Å². The number of rotatable bonds is 6. The van der Waals surface area contributed by atoms with Gasteiger partial charge in [-0.1, -0.05) is 19.1 Å². The predicted molar refractivity (Wildman–Crippen MR) is 114 cm³/mol. The highest BCUT2D eigenvalue weighted by molar-refractivity contribution is 7.93. The zero-order valence-corrected chi connectivity index (χ0v) is 17.6. The van der Waals surface area contributed by atoms with Gasteiger partial charge in [-0.05, 0) is 42.8 Å². The summed E-state index contributed by atoms with van der Waals surface area (Å²) in [6.07, 6.45) is 0.575. The third-order valence-electron chi connectivity index (χ3n) is 5.34. The fraction of sp³-hybridized carbons (Fsp3) is 0.333. The highest BCUT2D eigenvalue weighted by Crippen LogP contribution is 2.27. The number of nitrogens with zero attached hydrogens (tertiary/aromatic N) is 3. The lowest BCUT2D eigenvalue weighted by Gasteiger charge is -2.17. The molecule has 7 nitrogen and oxygen atoms in total. The first-order chi connectivity index (χ1) is 14.8. The summed E-state index contributed by atoms with van der Waals surface area (Å²) in [5.41, 5.74) is 1.70. The van der Waals surface area contributed by atoms with Crippen molar-refractivity contribution < 1.29 is 22.0 Å². The van der Waals surface area contributed by atoms with Crippen LogP contribution in [0.3, 0.4) is 0 Å². The predicted octanol–water partition coefficient (Wildman–Crippen LogP) is 3.50. The van der Waals surface area contributed by atoms with Crippen LogP contribution in [0.2, 0.25) is 0 Å². The molecule has 3 aromatic rings. The summed E-state index contributed by atoms with van der Waals surface area (Å²) < 4.78 is 53.5. The number of nitrogens with one attached hydrogen (secondary N) is 1. The van der Waals surface area contributed by atoms with E-state index in [0.717, 1.165) is 4.57 Å². The Hall–Kier alpha value is -3.01. The van der Waals surface area contributed by atoms with Crippen molar-refractivity contribution in [3.63, 3.8) is 0 Å². The number of hydrogen-bond donors (Lipinski definition) is 1. The molecule has 1 unspecified atom stereocenters. The van der Waals surface area contributed by atoms with E-state index in [4.69, 9.17) is 0 Å². The van der Waals surface area contributed by atoms with Crippen LogP contribution in [0, 0.1) is 0 Å². The first-order valence-electron chi connectivity index (χ1n) is 9.91. The first-order valence-corrected chi connectivity index (χ1v) is 11.5. The van der Waals surface area contributed by atoms with Crippen molar-refractivity contribution in [2.75, 3.05) is 23.1 Å². The van der Waals surface area contributed by atoms with Crippen molar-refractivity contribution in [1.29, 1.82) is 0 Å². The summed E-state index contributed by atoms with van der Waals surface area (Å²) in [6, 6.07) is 13.0. The number of benzene rings is 2. The average molecular weight is 448 g/mol. The molecule has 10 heteroatoms. The maximum Gasteiger partial charge on any atom is 0.320 e. The zero-order chi connectivity index (χ0) is 22.2. The highest BCUT2D eigenvalue weighted by Gasteiger charge is 2.28. The molecule has 1 saturated heterocycles. The van der Waals surface area contributed by atoms with Gasteiger partial charge < -0.3 is 5.32 Å². The third kappa shape index (κ3) is 4.12. The smallest absolute Gasteiger partial charge is 0.320 e. The number of sulfonamides is 1. The molecule has 0 aliphatic carbocycles. The van der Waals surface area contributed by atoms with Crippen molar-refractivity contribution in [2.45, 2.75) is 25.8 Å². The highest BCUT2D eigenvalue weighted by atomic mass is 32.2. The maximum atomic E-state index is 13.6. The number of fused-ring (bicyclic) bond motifs is 1. The molecular weight excluding hydrogens is 426 g/mol. The first kappa shape index (κ1) is 21.2. The van der Waals surface area contributed by atoms with Crippen molar-refractivity contribution in [3.8, 4) is 0 Å². The lowest BCUT2D eigenvalue weighted by atomic mass is 10.1. The number of anilines is 1. The van der Waals surface area contributed by atoms with Crippen LogP contribution in [-0.2, 0) is 10.0 Å². The summed E-state index contributed by atoms with van der Waals surface area (Å²) in [7, 11) is -3.29. The molecule has 1 N–H and O–H groups in total. The Morgan fingerprint density at radius 1 is 1.16 bits per heavy atom. The van der Waals surface area contributed by atoms with Crippen molar-refractivity contribution in [3.05, 3.63) is 59.9 Å². The minimum absolute atomic E-state index is 0.122. The van der Waals surface area contributed by atoms with Gasteiger partial charge >= 0.3 is 6.55 Å². The van der Waals surface area contributed by atoms with Gasteiger partial charge in [0.25, 0.3) is 5.91 Å². The van der Waals surface area contributed by atoms with Gasteiger partial charge in [-0.3, -0.25) is 13.7 Å². The molecule has 1 aliphatic heterocycles. The summed E-state index contributed by atoms with van der Waals surface area (Å²) in [4.78, 5) is 16.8. The van der Waals surface area contributed by atoms with Gasteiger partial charge in [-0.15, -0.1) is 0 Å². The van der Waals surface area contributed by atoms with Gasteiger partial charge in [-0.2, -0.15) is 8.78 Å². The summed E-state index contributed by atoms with van der Waals surface area (Å²) in [5.74, 6) is -0.496. The molecule has 31 heavy (non-hydrogen) atoms. The van der Waals surface area contributed by atoms with Gasteiger partial charge in [0.2, 0.25) is 10.0 Å². The Morgan fingerprint density at radius 3 is 2.52 bits per heavy atom. The number of para-hydroxylation sites is 2. The molecule has 4 rings (SSSR count). The van der Waals surface area contributed by atoms with Crippen LogP contribution >= 0.6 is 0 Å². The summed E-state index contributed by atoms with van der Waals surface area (Å²) in [6.45, 7) is -0.468. The van der Waals surface area contributed by atoms with E-state index < -0.39 is 22.5 Å². The SMILES string of the molecule is CC(CNC(=O)c1ccc(N2CCCS2(=O)=O)cc1)c1nc2ccccc2n1C(F)F. The minimum atomic E-state index is -3.29. The van der Waals surface area contributed by atoms with Gasteiger partial charge in [0.1, 0.15) is 5.82 Å². The minimum Gasteiger partial charge on any atom is -0.351 e. The van der Waals surface area contributed by atoms with Crippen LogP contribution in [0.1, 0.15) is 42.0 Å². The standard InChI is InChI=1S/C21H22F2N4O3S/c1-14(19-25-17-5-2-3-6-18(17)27(19)21(22)23)13-24-20(28)15-7-9-16(10-8-15)26-11-4-12-31(26,29)30/h2-3,5-10,14,21H,4,11-13H2,1H3,(H,24,28). The van der Waals surface area contributed by atoms with Crippen LogP contribution < -0.4 is 9.62 Å². The Labute approximate surface area is 178 Å². The second-order valence-corrected chi connectivity index (χ2v) is 9.52. The molecule has 2 heterocycles. The van der Waals surface area contributed by atoms with E-state index in [1.807, 2.05) is 0 Å². The molecule has 0 radical (unpaired) electrons. The molecule has 1 amide bonds. The molecular formula is C21H22F2N4O3S. The zero-order valence-electron chi connectivity index (χ0n) is 16.8. The summed E-state index contributed by atoms with van der Waals surface area (Å²) >= 11 is 0. The third-order valence-corrected chi connectivity index (χ3v) is 7.21. The van der Waals surface area contributed by atoms with Crippen molar-refractivity contribution >= 4 is 32.7 Å². The van der Waals surface area contributed by atoms with Crippen LogP contribution in [-0.4, -0.2) is 42.7 Å². The lowest BCUT2D eigenvalue weighted by molar-refractivity contribution is 0.0704. The maximum absolute atomic E-state index is 13.6. The van der Waals surface area contributed by atoms with E-state index in [9.17, 15) is 22.0 Å².